The molecule has 3 rings (SSSR count). The number of nitrogens with zero attached hydrogens (tertiary/aromatic N) is 4. The summed E-state index contributed by atoms with van der Waals surface area (Å²) in [6.45, 7) is 2.24. The van der Waals surface area contributed by atoms with Crippen LogP contribution in [0.5, 0.6) is 6.01 Å². The molecule has 0 aliphatic heterocycles. The van der Waals surface area contributed by atoms with Gasteiger partial charge in [-0.15, -0.1) is 5.10 Å². The van der Waals surface area contributed by atoms with Crippen molar-refractivity contribution in [2.75, 3.05) is 6.61 Å². The Balaban J connectivity index is 2.20. The standard InChI is InChI=1S/C13H9Cl2FN4O/c1-2-21-13-18-12-17-10(14)9(11(15)20(12)19-13)7-3-5-8(16)6-4-7/h3-6H,2H2,1H3. The fraction of sp³-hybridized carbons (Fsp3) is 0.154. The van der Waals surface area contributed by atoms with Crippen molar-refractivity contribution < 1.29 is 9.13 Å². The molecular weight excluding hydrogens is 318 g/mol. The van der Waals surface area contributed by atoms with Gasteiger partial charge in [0.1, 0.15) is 16.1 Å². The first-order chi connectivity index (χ1) is 10.1. The Morgan fingerprint density at radius 2 is 1.90 bits per heavy atom. The van der Waals surface area contributed by atoms with Gasteiger partial charge >= 0.3 is 6.01 Å². The van der Waals surface area contributed by atoms with Gasteiger partial charge in [0, 0.05) is 0 Å². The molecule has 108 valence electrons. The Morgan fingerprint density at radius 3 is 2.57 bits per heavy atom. The summed E-state index contributed by atoms with van der Waals surface area (Å²) in [6.07, 6.45) is 0. The van der Waals surface area contributed by atoms with Gasteiger partial charge in [-0.05, 0) is 24.6 Å². The van der Waals surface area contributed by atoms with Crippen molar-refractivity contribution in [2.45, 2.75) is 6.92 Å². The summed E-state index contributed by atoms with van der Waals surface area (Å²) in [5, 5.41) is 4.50. The molecule has 1 aromatic carbocycles. The van der Waals surface area contributed by atoms with Crippen LogP contribution in [0.25, 0.3) is 16.9 Å². The molecule has 0 aliphatic carbocycles. The number of hydrogen-bond acceptors (Lipinski definition) is 4. The average molecular weight is 327 g/mol. The lowest BCUT2D eigenvalue weighted by atomic mass is 10.1. The van der Waals surface area contributed by atoms with Gasteiger partial charge in [0.15, 0.2) is 0 Å². The van der Waals surface area contributed by atoms with Crippen molar-refractivity contribution in [3.05, 3.63) is 40.4 Å². The van der Waals surface area contributed by atoms with Crippen molar-refractivity contribution in [1.82, 2.24) is 19.6 Å². The normalized spacial score (nSPS) is 11.0. The summed E-state index contributed by atoms with van der Waals surface area (Å²) in [7, 11) is 0. The maximum Gasteiger partial charge on any atom is 0.337 e. The molecule has 2 aromatic heterocycles. The maximum atomic E-state index is 13.0. The molecule has 0 fully saturated rings. The molecule has 0 unspecified atom stereocenters. The second-order valence-electron chi connectivity index (χ2n) is 4.11. The lowest BCUT2D eigenvalue weighted by Gasteiger charge is -2.07. The molecule has 0 atom stereocenters. The quantitative estimate of drug-likeness (QED) is 0.689. The van der Waals surface area contributed by atoms with Gasteiger partial charge in [-0.3, -0.25) is 0 Å². The van der Waals surface area contributed by atoms with Crippen LogP contribution in [0.15, 0.2) is 24.3 Å². The Morgan fingerprint density at radius 1 is 1.19 bits per heavy atom. The van der Waals surface area contributed by atoms with Crippen molar-refractivity contribution >= 4 is 29.0 Å². The number of aromatic nitrogens is 4. The van der Waals surface area contributed by atoms with Crippen LogP contribution in [0.3, 0.4) is 0 Å². The summed E-state index contributed by atoms with van der Waals surface area (Å²) >= 11 is 12.5. The summed E-state index contributed by atoms with van der Waals surface area (Å²) in [6, 6.07) is 5.93. The van der Waals surface area contributed by atoms with Crippen molar-refractivity contribution in [1.29, 1.82) is 0 Å². The molecule has 21 heavy (non-hydrogen) atoms. The Hall–Kier alpha value is -1.92. The highest BCUT2D eigenvalue weighted by molar-refractivity contribution is 6.38. The van der Waals surface area contributed by atoms with E-state index >= 15 is 0 Å². The largest absolute Gasteiger partial charge is 0.463 e. The lowest BCUT2D eigenvalue weighted by Crippen LogP contribution is -1.98. The molecule has 3 aromatic rings. The van der Waals surface area contributed by atoms with Crippen LogP contribution >= 0.6 is 23.2 Å². The highest BCUT2D eigenvalue weighted by Crippen LogP contribution is 2.34. The zero-order chi connectivity index (χ0) is 15.0. The van der Waals surface area contributed by atoms with Crippen LogP contribution in [0.1, 0.15) is 6.92 Å². The first kappa shape index (κ1) is 14.0. The van der Waals surface area contributed by atoms with E-state index in [4.69, 9.17) is 27.9 Å². The average Bonchev–Trinajstić information content (AvgIpc) is 2.84. The van der Waals surface area contributed by atoms with Crippen molar-refractivity contribution in [3.8, 4) is 17.1 Å². The highest BCUT2D eigenvalue weighted by Gasteiger charge is 2.18. The molecule has 0 amide bonds. The van der Waals surface area contributed by atoms with Gasteiger partial charge in [-0.2, -0.15) is 14.5 Å². The highest BCUT2D eigenvalue weighted by atomic mass is 35.5. The van der Waals surface area contributed by atoms with E-state index in [0.717, 1.165) is 0 Å². The third-order valence-corrected chi connectivity index (χ3v) is 3.40. The molecule has 8 heteroatoms. The molecule has 0 spiro atoms. The first-order valence-electron chi connectivity index (χ1n) is 6.10. The monoisotopic (exact) mass is 326 g/mol. The lowest BCUT2D eigenvalue weighted by molar-refractivity contribution is 0.313. The van der Waals surface area contributed by atoms with E-state index in [9.17, 15) is 4.39 Å². The van der Waals surface area contributed by atoms with E-state index in [0.29, 0.717) is 17.7 Å². The molecule has 0 saturated heterocycles. The Labute approximate surface area is 129 Å². The minimum Gasteiger partial charge on any atom is -0.463 e. The summed E-state index contributed by atoms with van der Waals surface area (Å²) < 4.78 is 19.6. The van der Waals surface area contributed by atoms with Gasteiger partial charge in [0.05, 0.1) is 12.2 Å². The molecular formula is C13H9Cl2FN4O. The zero-order valence-electron chi connectivity index (χ0n) is 10.8. The summed E-state index contributed by atoms with van der Waals surface area (Å²) in [4.78, 5) is 8.20. The molecule has 0 N–H and O–H groups in total. The van der Waals surface area contributed by atoms with E-state index in [-0.39, 0.29) is 27.9 Å². The van der Waals surface area contributed by atoms with Gasteiger partial charge in [0.2, 0.25) is 0 Å². The predicted octanol–water partition coefficient (Wildman–Crippen LogP) is 3.64. The van der Waals surface area contributed by atoms with E-state index in [1.54, 1.807) is 12.1 Å². The number of fused-ring (bicyclic) bond motifs is 1. The van der Waals surface area contributed by atoms with Crippen LogP contribution in [0, 0.1) is 5.82 Å². The zero-order valence-corrected chi connectivity index (χ0v) is 12.4. The fourth-order valence-electron chi connectivity index (χ4n) is 1.87. The van der Waals surface area contributed by atoms with Crippen LogP contribution in [0.2, 0.25) is 10.3 Å². The smallest absolute Gasteiger partial charge is 0.337 e. The molecule has 0 saturated carbocycles. The van der Waals surface area contributed by atoms with Crippen LogP contribution < -0.4 is 4.74 Å². The fourth-order valence-corrected chi connectivity index (χ4v) is 2.50. The third-order valence-electron chi connectivity index (χ3n) is 2.77. The molecule has 2 heterocycles. The number of benzene rings is 1. The second-order valence-corrected chi connectivity index (χ2v) is 4.83. The molecule has 5 nitrogen and oxygen atoms in total. The van der Waals surface area contributed by atoms with E-state index in [1.807, 2.05) is 6.92 Å². The van der Waals surface area contributed by atoms with Crippen LogP contribution in [-0.4, -0.2) is 26.2 Å². The minimum absolute atomic E-state index is 0.162. The number of hydrogen-bond donors (Lipinski definition) is 0. The number of rotatable bonds is 3. The summed E-state index contributed by atoms with van der Waals surface area (Å²) in [5.41, 5.74) is 1.09. The van der Waals surface area contributed by atoms with Gasteiger partial charge in [0.25, 0.3) is 5.78 Å². The third kappa shape index (κ3) is 2.52. The van der Waals surface area contributed by atoms with Gasteiger partial charge in [-0.1, -0.05) is 35.3 Å². The van der Waals surface area contributed by atoms with E-state index in [1.165, 1.54) is 16.6 Å². The van der Waals surface area contributed by atoms with E-state index in [2.05, 4.69) is 15.1 Å². The Kier molecular flexibility index (Phi) is 3.65. The molecule has 0 bridgehead atoms. The molecule has 0 radical (unpaired) electrons. The minimum atomic E-state index is -0.348. The van der Waals surface area contributed by atoms with Crippen LogP contribution in [0.4, 0.5) is 4.39 Å². The summed E-state index contributed by atoms with van der Waals surface area (Å²) in [5.74, 6) is -0.112. The van der Waals surface area contributed by atoms with Crippen molar-refractivity contribution in [2.24, 2.45) is 0 Å². The number of halogens is 3. The predicted molar refractivity (Wildman–Crippen MR) is 77.4 cm³/mol. The van der Waals surface area contributed by atoms with Crippen LogP contribution in [-0.2, 0) is 0 Å². The van der Waals surface area contributed by atoms with Crippen molar-refractivity contribution in [3.63, 3.8) is 0 Å². The van der Waals surface area contributed by atoms with Gasteiger partial charge < -0.3 is 4.74 Å². The first-order valence-corrected chi connectivity index (χ1v) is 6.86. The number of ether oxygens (including phenoxy) is 1. The van der Waals surface area contributed by atoms with Gasteiger partial charge in [-0.25, -0.2) is 4.39 Å². The second kappa shape index (κ2) is 5.46. The SMILES string of the molecule is CCOc1nc2nc(Cl)c(-c3ccc(F)cc3)c(Cl)n2n1. The Bertz CT molecular complexity index is 804. The van der Waals surface area contributed by atoms with E-state index < -0.39 is 0 Å². The molecule has 0 aliphatic rings. The topological polar surface area (TPSA) is 52.3 Å². The maximum absolute atomic E-state index is 13.0.